The number of piperidine rings is 1. The summed E-state index contributed by atoms with van der Waals surface area (Å²) in [5.74, 6) is 0. The first-order valence-corrected chi connectivity index (χ1v) is 7.54. The molecule has 2 heteroatoms. The highest BCUT2D eigenvalue weighted by atomic mass is 79.9. The molecule has 1 saturated heterocycles. The van der Waals surface area contributed by atoms with Crippen molar-refractivity contribution in [1.82, 2.24) is 0 Å². The first-order valence-electron chi connectivity index (χ1n) is 6.42. The van der Waals surface area contributed by atoms with Crippen LogP contribution in [0.15, 0.2) is 18.2 Å². The van der Waals surface area contributed by atoms with Crippen LogP contribution in [0.1, 0.15) is 37.8 Å². The Kier molecular flexibility index (Phi) is 3.82. The number of benzene rings is 1. The smallest absolute Gasteiger partial charge is 0.0396 e. The summed E-state index contributed by atoms with van der Waals surface area (Å²) in [5.41, 5.74) is 4.64. The lowest BCUT2D eigenvalue weighted by atomic mass is 9.84. The maximum Gasteiger partial charge on any atom is 0.0396 e. The van der Waals surface area contributed by atoms with Crippen molar-refractivity contribution in [3.63, 3.8) is 0 Å². The van der Waals surface area contributed by atoms with Crippen molar-refractivity contribution in [2.45, 2.75) is 38.9 Å². The average Bonchev–Trinajstić information content (AvgIpc) is 2.27. The first kappa shape index (κ1) is 12.9. The van der Waals surface area contributed by atoms with E-state index in [1.54, 1.807) is 0 Å². The van der Waals surface area contributed by atoms with Gasteiger partial charge in [-0.25, -0.2) is 0 Å². The molecule has 0 N–H and O–H groups in total. The lowest BCUT2D eigenvalue weighted by Gasteiger charge is -2.40. The number of hydrogen-bond acceptors (Lipinski definition) is 1. The fraction of sp³-hybridized carbons (Fsp3) is 0.600. The van der Waals surface area contributed by atoms with E-state index >= 15 is 0 Å². The molecule has 17 heavy (non-hydrogen) atoms. The lowest BCUT2D eigenvalue weighted by molar-refractivity contribution is 0.293. The van der Waals surface area contributed by atoms with Gasteiger partial charge in [-0.3, -0.25) is 0 Å². The van der Waals surface area contributed by atoms with Crippen molar-refractivity contribution < 1.29 is 0 Å². The fourth-order valence-electron chi connectivity index (χ4n) is 2.78. The van der Waals surface area contributed by atoms with Crippen LogP contribution in [0.3, 0.4) is 0 Å². The predicted octanol–water partition coefficient (Wildman–Crippen LogP) is 4.52. The Hall–Kier alpha value is -0.500. The van der Waals surface area contributed by atoms with E-state index in [-0.39, 0.29) is 0 Å². The van der Waals surface area contributed by atoms with E-state index in [1.165, 1.54) is 42.7 Å². The molecule has 1 aromatic carbocycles. The Morgan fingerprint density at radius 3 is 2.71 bits per heavy atom. The molecule has 1 nitrogen and oxygen atoms in total. The van der Waals surface area contributed by atoms with Crippen LogP contribution in [0, 0.1) is 12.3 Å². The molecular weight excluding hydrogens is 274 g/mol. The van der Waals surface area contributed by atoms with E-state index in [0.29, 0.717) is 5.41 Å². The molecule has 0 spiro atoms. The van der Waals surface area contributed by atoms with Crippen molar-refractivity contribution in [2.75, 3.05) is 18.0 Å². The second-order valence-corrected chi connectivity index (χ2v) is 6.50. The minimum absolute atomic E-state index is 0.457. The highest BCUT2D eigenvalue weighted by molar-refractivity contribution is 9.08. The Bertz CT molecular complexity index is 398. The number of rotatable bonds is 2. The quantitative estimate of drug-likeness (QED) is 0.725. The molecule has 0 amide bonds. The van der Waals surface area contributed by atoms with Gasteiger partial charge in [-0.15, -0.1) is 0 Å². The van der Waals surface area contributed by atoms with E-state index in [0.717, 1.165) is 5.33 Å². The van der Waals surface area contributed by atoms with Gasteiger partial charge in [0.25, 0.3) is 0 Å². The van der Waals surface area contributed by atoms with Gasteiger partial charge in [0.15, 0.2) is 0 Å². The average molecular weight is 296 g/mol. The van der Waals surface area contributed by atoms with E-state index in [9.17, 15) is 0 Å². The van der Waals surface area contributed by atoms with Crippen LogP contribution in [0.4, 0.5) is 5.69 Å². The van der Waals surface area contributed by atoms with Gasteiger partial charge in [0.2, 0.25) is 0 Å². The molecule has 0 bridgehead atoms. The monoisotopic (exact) mass is 295 g/mol. The highest BCUT2D eigenvalue weighted by Gasteiger charge is 2.26. The van der Waals surface area contributed by atoms with Gasteiger partial charge in [0, 0.05) is 24.1 Å². The van der Waals surface area contributed by atoms with Crippen LogP contribution < -0.4 is 4.90 Å². The maximum atomic E-state index is 3.52. The van der Waals surface area contributed by atoms with Crippen molar-refractivity contribution >= 4 is 21.6 Å². The van der Waals surface area contributed by atoms with Crippen LogP contribution in [-0.2, 0) is 5.33 Å². The summed E-state index contributed by atoms with van der Waals surface area (Å²) in [5, 5.41) is 0.944. The third-order valence-electron chi connectivity index (χ3n) is 3.66. The molecule has 1 aliphatic rings. The van der Waals surface area contributed by atoms with Crippen molar-refractivity contribution in [2.24, 2.45) is 5.41 Å². The second kappa shape index (κ2) is 5.01. The third kappa shape index (κ3) is 3.04. The zero-order chi connectivity index (χ0) is 12.5. The number of aryl methyl sites for hydroxylation is 1. The van der Waals surface area contributed by atoms with Gasteiger partial charge >= 0.3 is 0 Å². The van der Waals surface area contributed by atoms with Gasteiger partial charge in [-0.05, 0) is 42.4 Å². The lowest BCUT2D eigenvalue weighted by Crippen LogP contribution is -2.40. The normalized spacial score (nSPS) is 19.4. The van der Waals surface area contributed by atoms with E-state index in [2.05, 4.69) is 59.8 Å². The zero-order valence-corrected chi connectivity index (χ0v) is 12.7. The van der Waals surface area contributed by atoms with Gasteiger partial charge < -0.3 is 4.90 Å². The SMILES string of the molecule is Cc1cc(CBr)ccc1N1CCCC(C)(C)C1. The van der Waals surface area contributed by atoms with Crippen LogP contribution in [-0.4, -0.2) is 13.1 Å². The molecule has 1 heterocycles. The van der Waals surface area contributed by atoms with Crippen molar-refractivity contribution in [3.05, 3.63) is 29.3 Å². The number of nitrogens with zero attached hydrogens (tertiary/aromatic N) is 1. The summed E-state index contributed by atoms with van der Waals surface area (Å²) < 4.78 is 0. The summed E-state index contributed by atoms with van der Waals surface area (Å²) in [6.45, 7) is 9.37. The van der Waals surface area contributed by atoms with Crippen LogP contribution >= 0.6 is 15.9 Å². The fourth-order valence-corrected chi connectivity index (χ4v) is 3.13. The van der Waals surface area contributed by atoms with Crippen molar-refractivity contribution in [3.8, 4) is 0 Å². The summed E-state index contributed by atoms with van der Waals surface area (Å²) in [7, 11) is 0. The zero-order valence-electron chi connectivity index (χ0n) is 11.1. The third-order valence-corrected chi connectivity index (χ3v) is 4.30. The molecule has 94 valence electrons. The molecular formula is C15H22BrN. The molecule has 0 aromatic heterocycles. The maximum absolute atomic E-state index is 3.52. The van der Waals surface area contributed by atoms with Crippen LogP contribution in [0.25, 0.3) is 0 Å². The molecule has 0 aliphatic carbocycles. The summed E-state index contributed by atoms with van der Waals surface area (Å²) in [6, 6.07) is 6.82. The van der Waals surface area contributed by atoms with Crippen LogP contribution in [0.2, 0.25) is 0 Å². The number of hydrogen-bond donors (Lipinski definition) is 0. The topological polar surface area (TPSA) is 3.24 Å². The van der Waals surface area contributed by atoms with E-state index < -0.39 is 0 Å². The predicted molar refractivity (Wildman–Crippen MR) is 79.0 cm³/mol. The minimum Gasteiger partial charge on any atom is -0.371 e. The summed E-state index contributed by atoms with van der Waals surface area (Å²) in [6.07, 6.45) is 2.66. The molecule has 0 unspecified atom stereocenters. The Balaban J connectivity index is 2.22. The molecule has 1 aliphatic heterocycles. The first-order chi connectivity index (χ1) is 8.02. The Morgan fingerprint density at radius 1 is 1.35 bits per heavy atom. The largest absolute Gasteiger partial charge is 0.371 e. The number of anilines is 1. The minimum atomic E-state index is 0.457. The van der Waals surface area contributed by atoms with Crippen LogP contribution in [0.5, 0.6) is 0 Å². The van der Waals surface area contributed by atoms with Gasteiger partial charge in [-0.1, -0.05) is 41.9 Å². The molecule has 2 rings (SSSR count). The molecule has 0 saturated carbocycles. The summed E-state index contributed by atoms with van der Waals surface area (Å²) >= 11 is 3.52. The molecule has 0 radical (unpaired) electrons. The Labute approximate surface area is 113 Å². The van der Waals surface area contributed by atoms with Gasteiger partial charge in [-0.2, -0.15) is 0 Å². The Morgan fingerprint density at radius 2 is 2.12 bits per heavy atom. The molecule has 1 fully saturated rings. The van der Waals surface area contributed by atoms with Crippen molar-refractivity contribution in [1.29, 1.82) is 0 Å². The standard InChI is InChI=1S/C15H22BrN/c1-12-9-13(10-16)5-6-14(12)17-8-4-7-15(2,3)11-17/h5-6,9H,4,7-8,10-11H2,1-3H3. The van der Waals surface area contributed by atoms with Gasteiger partial charge in [0.1, 0.15) is 0 Å². The van der Waals surface area contributed by atoms with E-state index in [4.69, 9.17) is 0 Å². The van der Waals surface area contributed by atoms with Gasteiger partial charge in [0.05, 0.1) is 0 Å². The molecule has 1 aromatic rings. The number of halogens is 1. The summed E-state index contributed by atoms with van der Waals surface area (Å²) in [4.78, 5) is 2.55. The molecule has 0 atom stereocenters. The second-order valence-electron chi connectivity index (χ2n) is 5.94. The highest BCUT2D eigenvalue weighted by Crippen LogP contribution is 2.33. The van der Waals surface area contributed by atoms with E-state index in [1.807, 2.05) is 0 Å². The number of alkyl halides is 1.